The average Bonchev–Trinajstić information content (AvgIpc) is 2.27. The Labute approximate surface area is 99.6 Å². The Balaban J connectivity index is 2.52. The van der Waals surface area contributed by atoms with Gasteiger partial charge in [-0.15, -0.1) is 0 Å². The van der Waals surface area contributed by atoms with Crippen LogP contribution in [0.3, 0.4) is 0 Å². The van der Waals surface area contributed by atoms with Crippen LogP contribution in [-0.2, 0) is 0 Å². The van der Waals surface area contributed by atoms with Gasteiger partial charge in [0.15, 0.2) is 0 Å². The highest BCUT2D eigenvalue weighted by atomic mass is 19.1. The summed E-state index contributed by atoms with van der Waals surface area (Å²) < 4.78 is 13.3. The van der Waals surface area contributed by atoms with E-state index in [1.54, 1.807) is 6.07 Å². The van der Waals surface area contributed by atoms with Crippen LogP contribution >= 0.6 is 0 Å². The molecule has 1 aromatic carbocycles. The summed E-state index contributed by atoms with van der Waals surface area (Å²) >= 11 is 0. The molecule has 1 aromatic heterocycles. The highest BCUT2D eigenvalue weighted by Crippen LogP contribution is 2.23. The molecule has 4 heteroatoms. The predicted octanol–water partition coefficient (Wildman–Crippen LogP) is 2.78. The maximum atomic E-state index is 13.3. The van der Waals surface area contributed by atoms with Gasteiger partial charge in [0.2, 0.25) is 0 Å². The Morgan fingerprint density at radius 1 is 1.41 bits per heavy atom. The van der Waals surface area contributed by atoms with Gasteiger partial charge < -0.3 is 4.90 Å². The third kappa shape index (κ3) is 2.41. The molecular weight excluding hydrogens is 217 g/mol. The molecule has 0 unspecified atom stereocenters. The number of likely N-dealkylation sites (N-methyl/N-ethyl adjacent to an activating group) is 1. The van der Waals surface area contributed by atoms with Crippen molar-refractivity contribution in [3.8, 4) is 0 Å². The molecule has 0 N–H and O–H groups in total. The van der Waals surface area contributed by atoms with E-state index in [-0.39, 0.29) is 5.82 Å². The number of rotatable bonds is 3. The van der Waals surface area contributed by atoms with Crippen LogP contribution in [0.15, 0.2) is 36.7 Å². The summed E-state index contributed by atoms with van der Waals surface area (Å²) in [5, 5.41) is 0.719. The summed E-state index contributed by atoms with van der Waals surface area (Å²) in [6, 6.07) is 4.52. The lowest BCUT2D eigenvalue weighted by Crippen LogP contribution is -2.20. The molecule has 0 spiro atoms. The van der Waals surface area contributed by atoms with Gasteiger partial charge in [0.1, 0.15) is 18.0 Å². The van der Waals surface area contributed by atoms with E-state index in [1.165, 1.54) is 18.5 Å². The van der Waals surface area contributed by atoms with Crippen LogP contribution in [-0.4, -0.2) is 23.6 Å². The van der Waals surface area contributed by atoms with Gasteiger partial charge in [0, 0.05) is 19.0 Å². The standard InChI is InChI=1S/C13H14FN3/c1-9(2)7-17(3)13-11-6-10(14)4-5-12(11)15-8-16-13/h4-6,8H,1,7H2,2-3H3. The first kappa shape index (κ1) is 11.5. The van der Waals surface area contributed by atoms with E-state index in [9.17, 15) is 4.39 Å². The number of benzene rings is 1. The van der Waals surface area contributed by atoms with Crippen molar-refractivity contribution in [2.24, 2.45) is 0 Å². The van der Waals surface area contributed by atoms with Crippen molar-refractivity contribution in [3.05, 3.63) is 42.5 Å². The average molecular weight is 231 g/mol. The summed E-state index contributed by atoms with van der Waals surface area (Å²) in [5.41, 5.74) is 1.76. The third-order valence-corrected chi connectivity index (χ3v) is 2.45. The van der Waals surface area contributed by atoms with Crippen LogP contribution in [0.2, 0.25) is 0 Å². The van der Waals surface area contributed by atoms with Gasteiger partial charge in [-0.05, 0) is 25.1 Å². The highest BCUT2D eigenvalue weighted by Gasteiger charge is 2.09. The number of halogens is 1. The monoisotopic (exact) mass is 231 g/mol. The Kier molecular flexibility index (Phi) is 3.04. The number of nitrogens with zero attached hydrogens (tertiary/aromatic N) is 3. The molecule has 0 radical (unpaired) electrons. The van der Waals surface area contributed by atoms with E-state index in [0.717, 1.165) is 22.3 Å². The lowest BCUT2D eigenvalue weighted by molar-refractivity contribution is 0.629. The molecule has 88 valence electrons. The Bertz CT molecular complexity index is 566. The van der Waals surface area contributed by atoms with Gasteiger partial charge in [-0.2, -0.15) is 0 Å². The Hall–Kier alpha value is -1.97. The molecule has 0 aliphatic rings. The van der Waals surface area contributed by atoms with Crippen molar-refractivity contribution in [2.75, 3.05) is 18.5 Å². The van der Waals surface area contributed by atoms with Crippen LogP contribution in [0.25, 0.3) is 10.9 Å². The molecule has 0 amide bonds. The number of hydrogen-bond donors (Lipinski definition) is 0. The van der Waals surface area contributed by atoms with Gasteiger partial charge in [-0.1, -0.05) is 12.2 Å². The molecule has 0 fully saturated rings. The van der Waals surface area contributed by atoms with Crippen molar-refractivity contribution < 1.29 is 4.39 Å². The number of anilines is 1. The molecule has 0 atom stereocenters. The minimum atomic E-state index is -0.280. The fraction of sp³-hybridized carbons (Fsp3) is 0.231. The van der Waals surface area contributed by atoms with E-state index in [0.29, 0.717) is 6.54 Å². The molecule has 0 aliphatic heterocycles. The quantitative estimate of drug-likeness (QED) is 0.760. The van der Waals surface area contributed by atoms with Gasteiger partial charge in [-0.3, -0.25) is 0 Å². The zero-order valence-electron chi connectivity index (χ0n) is 9.94. The van der Waals surface area contributed by atoms with Gasteiger partial charge in [0.05, 0.1) is 5.52 Å². The molecule has 17 heavy (non-hydrogen) atoms. The van der Waals surface area contributed by atoms with Crippen molar-refractivity contribution >= 4 is 16.7 Å². The predicted molar refractivity (Wildman–Crippen MR) is 67.6 cm³/mol. The maximum absolute atomic E-state index is 13.3. The smallest absolute Gasteiger partial charge is 0.140 e. The molecule has 0 saturated heterocycles. The first-order chi connectivity index (χ1) is 8.08. The van der Waals surface area contributed by atoms with Crippen molar-refractivity contribution in [2.45, 2.75) is 6.92 Å². The van der Waals surface area contributed by atoms with Crippen LogP contribution in [0, 0.1) is 5.82 Å². The molecule has 0 aliphatic carbocycles. The topological polar surface area (TPSA) is 29.0 Å². The SMILES string of the molecule is C=C(C)CN(C)c1ncnc2ccc(F)cc12. The summed E-state index contributed by atoms with van der Waals surface area (Å²) in [4.78, 5) is 10.3. The second-order valence-electron chi connectivity index (χ2n) is 4.17. The van der Waals surface area contributed by atoms with E-state index < -0.39 is 0 Å². The Morgan fingerprint density at radius 2 is 2.18 bits per heavy atom. The third-order valence-electron chi connectivity index (χ3n) is 2.45. The van der Waals surface area contributed by atoms with Crippen LogP contribution in [0.5, 0.6) is 0 Å². The van der Waals surface area contributed by atoms with Gasteiger partial charge in [0.25, 0.3) is 0 Å². The van der Waals surface area contributed by atoms with Gasteiger partial charge >= 0.3 is 0 Å². The minimum Gasteiger partial charge on any atom is -0.355 e. The number of aromatic nitrogens is 2. The zero-order chi connectivity index (χ0) is 12.4. The van der Waals surface area contributed by atoms with E-state index >= 15 is 0 Å². The fourth-order valence-electron chi connectivity index (χ4n) is 1.80. The first-order valence-corrected chi connectivity index (χ1v) is 5.33. The molecule has 1 heterocycles. The van der Waals surface area contributed by atoms with Gasteiger partial charge in [-0.25, -0.2) is 14.4 Å². The molecular formula is C13H14FN3. The first-order valence-electron chi connectivity index (χ1n) is 5.33. The second kappa shape index (κ2) is 4.49. The fourth-order valence-corrected chi connectivity index (χ4v) is 1.80. The van der Waals surface area contributed by atoms with Crippen LogP contribution in [0.1, 0.15) is 6.92 Å². The summed E-state index contributed by atoms with van der Waals surface area (Å²) in [6.07, 6.45) is 1.49. The lowest BCUT2D eigenvalue weighted by Gasteiger charge is -2.19. The van der Waals surface area contributed by atoms with Crippen molar-refractivity contribution in [3.63, 3.8) is 0 Å². The molecule has 3 nitrogen and oxygen atoms in total. The summed E-state index contributed by atoms with van der Waals surface area (Å²) in [6.45, 7) is 6.49. The normalized spacial score (nSPS) is 10.5. The number of hydrogen-bond acceptors (Lipinski definition) is 3. The van der Waals surface area contributed by atoms with E-state index in [1.807, 2.05) is 18.9 Å². The zero-order valence-corrected chi connectivity index (χ0v) is 9.94. The van der Waals surface area contributed by atoms with Crippen molar-refractivity contribution in [1.29, 1.82) is 0 Å². The van der Waals surface area contributed by atoms with E-state index in [4.69, 9.17) is 0 Å². The molecule has 2 aromatic rings. The van der Waals surface area contributed by atoms with Crippen molar-refractivity contribution in [1.82, 2.24) is 9.97 Å². The molecule has 0 bridgehead atoms. The second-order valence-corrected chi connectivity index (χ2v) is 4.17. The summed E-state index contributed by atoms with van der Waals surface area (Å²) in [5.74, 6) is 0.440. The molecule has 0 saturated carbocycles. The lowest BCUT2D eigenvalue weighted by atomic mass is 10.2. The van der Waals surface area contributed by atoms with E-state index in [2.05, 4.69) is 16.5 Å². The highest BCUT2D eigenvalue weighted by molar-refractivity contribution is 5.89. The maximum Gasteiger partial charge on any atom is 0.140 e. The Morgan fingerprint density at radius 3 is 2.88 bits per heavy atom. The van der Waals surface area contributed by atoms with Crippen LogP contribution < -0.4 is 4.90 Å². The molecule has 2 rings (SSSR count). The van der Waals surface area contributed by atoms with Crippen LogP contribution in [0.4, 0.5) is 10.2 Å². The minimum absolute atomic E-state index is 0.280. The summed E-state index contributed by atoms with van der Waals surface area (Å²) in [7, 11) is 1.90. The number of fused-ring (bicyclic) bond motifs is 1. The largest absolute Gasteiger partial charge is 0.355 e.